The zero-order valence-electron chi connectivity index (χ0n) is 12.9. The first-order valence-electron chi connectivity index (χ1n) is 6.66. The molecule has 1 heterocycles. The number of hydrogen-bond donors (Lipinski definition) is 0. The summed E-state index contributed by atoms with van der Waals surface area (Å²) in [5.41, 5.74) is 2.28. The molecule has 0 aliphatic rings. The van der Waals surface area contributed by atoms with Gasteiger partial charge in [0, 0.05) is 5.56 Å². The minimum Gasteiger partial charge on any atom is -0.462 e. The second-order valence-electron chi connectivity index (χ2n) is 4.50. The van der Waals surface area contributed by atoms with Gasteiger partial charge in [-0.15, -0.1) is 0 Å². The van der Waals surface area contributed by atoms with Crippen molar-refractivity contribution in [2.45, 2.75) is 6.92 Å². The Morgan fingerprint density at radius 1 is 1.22 bits per heavy atom. The highest BCUT2D eigenvalue weighted by molar-refractivity contribution is 6.33. The number of esters is 1. The average Bonchev–Trinajstić information content (AvgIpc) is 2.55. The number of aromatic nitrogens is 1. The topological polar surface area (TPSA) is 70.0 Å². The van der Waals surface area contributed by atoms with Gasteiger partial charge in [0.25, 0.3) is 0 Å². The van der Waals surface area contributed by atoms with Crippen molar-refractivity contribution in [2.75, 3.05) is 14.2 Å². The number of hydrogen-bond acceptors (Lipinski definition) is 6. The molecule has 2 aromatic rings. The second kappa shape index (κ2) is 7.60. The molecule has 0 fully saturated rings. The van der Waals surface area contributed by atoms with E-state index in [0.29, 0.717) is 16.6 Å². The lowest BCUT2D eigenvalue weighted by Crippen LogP contribution is -2.22. The molecule has 2 rings (SSSR count). The first-order valence-corrected chi connectivity index (χ1v) is 7.04. The smallest absolute Gasteiger partial charge is 0.397 e. The molecule has 0 unspecified atom stereocenters. The van der Waals surface area contributed by atoms with Crippen LogP contribution < -0.4 is 4.74 Å². The van der Waals surface area contributed by atoms with E-state index in [1.807, 2.05) is 25.1 Å². The zero-order valence-corrected chi connectivity index (χ0v) is 13.6. The second-order valence-corrected chi connectivity index (χ2v) is 4.89. The van der Waals surface area contributed by atoms with Gasteiger partial charge >= 0.3 is 11.9 Å². The fraction of sp³-hybridized carbons (Fsp3) is 0.188. The van der Waals surface area contributed by atoms with Crippen LogP contribution in [0.4, 0.5) is 0 Å². The van der Waals surface area contributed by atoms with E-state index >= 15 is 0 Å². The van der Waals surface area contributed by atoms with E-state index in [0.717, 1.165) is 11.1 Å². The molecule has 1 aromatic carbocycles. The molecule has 0 radical (unpaired) electrons. The summed E-state index contributed by atoms with van der Waals surface area (Å²) in [6.45, 7) is 1.84. The third kappa shape index (κ3) is 4.20. The van der Waals surface area contributed by atoms with Gasteiger partial charge in [-0.2, -0.15) is 0 Å². The molecule has 0 aliphatic heterocycles. The van der Waals surface area contributed by atoms with Crippen LogP contribution in [0.15, 0.2) is 41.6 Å². The molecular formula is C16H15ClN2O4. The number of pyridine rings is 1. The molecule has 0 spiro atoms. The Balaban J connectivity index is 2.37. The van der Waals surface area contributed by atoms with Crippen LogP contribution in [0, 0.1) is 6.92 Å². The summed E-state index contributed by atoms with van der Waals surface area (Å²) in [5, 5.41) is 3.92. The Bertz CT molecular complexity index is 747. The highest BCUT2D eigenvalue weighted by Crippen LogP contribution is 2.27. The molecule has 0 saturated heterocycles. The molecule has 7 heteroatoms. The van der Waals surface area contributed by atoms with Gasteiger partial charge in [-0.3, -0.25) is 0 Å². The molecule has 1 aromatic heterocycles. The Kier molecular flexibility index (Phi) is 5.54. The standard InChI is InChI=1S/C16H15ClN2O4/c1-10-7-8-11(12-5-4-6-14(17)18-12)9-13(10)23-15(19-22-3)16(20)21-2/h4-9H,1-3H3/b19-15-. The maximum Gasteiger partial charge on any atom is 0.397 e. The highest BCUT2D eigenvalue weighted by Gasteiger charge is 2.17. The van der Waals surface area contributed by atoms with E-state index < -0.39 is 5.97 Å². The van der Waals surface area contributed by atoms with Crippen molar-refractivity contribution in [2.24, 2.45) is 5.16 Å². The first kappa shape index (κ1) is 16.8. The van der Waals surface area contributed by atoms with Crippen molar-refractivity contribution in [1.82, 2.24) is 4.98 Å². The molecule has 0 N–H and O–H groups in total. The molecule has 0 saturated carbocycles. The summed E-state index contributed by atoms with van der Waals surface area (Å²) >= 11 is 5.91. The number of rotatable bonds is 3. The van der Waals surface area contributed by atoms with E-state index in [1.165, 1.54) is 14.2 Å². The third-order valence-corrected chi connectivity index (χ3v) is 3.15. The number of carbonyl (C=O) groups excluding carboxylic acids is 1. The van der Waals surface area contributed by atoms with Crippen molar-refractivity contribution < 1.29 is 19.1 Å². The minimum atomic E-state index is -0.738. The number of aryl methyl sites for hydroxylation is 1. The van der Waals surface area contributed by atoms with Crippen molar-refractivity contribution in [1.29, 1.82) is 0 Å². The van der Waals surface area contributed by atoms with Gasteiger partial charge in [0.15, 0.2) is 0 Å². The molecular weight excluding hydrogens is 320 g/mol. The molecule has 23 heavy (non-hydrogen) atoms. The Morgan fingerprint density at radius 3 is 2.65 bits per heavy atom. The fourth-order valence-electron chi connectivity index (χ4n) is 1.81. The molecule has 0 atom stereocenters. The van der Waals surface area contributed by atoms with E-state index in [2.05, 4.69) is 19.7 Å². The number of carbonyl (C=O) groups is 1. The van der Waals surface area contributed by atoms with Crippen LogP contribution in [0.2, 0.25) is 5.15 Å². The van der Waals surface area contributed by atoms with Crippen LogP contribution in [0.3, 0.4) is 0 Å². The van der Waals surface area contributed by atoms with Crippen LogP contribution in [-0.4, -0.2) is 31.1 Å². The zero-order chi connectivity index (χ0) is 16.8. The number of halogens is 1. The fourth-order valence-corrected chi connectivity index (χ4v) is 1.97. The molecule has 0 bridgehead atoms. The van der Waals surface area contributed by atoms with Gasteiger partial charge in [-0.1, -0.05) is 29.8 Å². The summed E-state index contributed by atoms with van der Waals surface area (Å²) < 4.78 is 10.1. The molecule has 120 valence electrons. The molecule has 0 amide bonds. The maximum absolute atomic E-state index is 11.6. The minimum absolute atomic E-state index is 0.297. The summed E-state index contributed by atoms with van der Waals surface area (Å²) in [7, 11) is 2.54. The maximum atomic E-state index is 11.6. The number of methoxy groups -OCH3 is 1. The van der Waals surface area contributed by atoms with Crippen LogP contribution in [0.5, 0.6) is 5.75 Å². The van der Waals surface area contributed by atoms with E-state index in [9.17, 15) is 4.79 Å². The number of ether oxygens (including phenoxy) is 2. The van der Waals surface area contributed by atoms with Gasteiger partial charge in [-0.25, -0.2) is 9.78 Å². The highest BCUT2D eigenvalue weighted by atomic mass is 35.5. The number of nitrogens with zero attached hydrogens (tertiary/aromatic N) is 2. The van der Waals surface area contributed by atoms with Crippen LogP contribution in [0.25, 0.3) is 11.3 Å². The van der Waals surface area contributed by atoms with Crippen molar-refractivity contribution in [3.05, 3.63) is 47.1 Å². The van der Waals surface area contributed by atoms with Gasteiger partial charge in [0.05, 0.1) is 12.8 Å². The van der Waals surface area contributed by atoms with Crippen molar-refractivity contribution in [3.63, 3.8) is 0 Å². The van der Waals surface area contributed by atoms with E-state index in [4.69, 9.17) is 16.3 Å². The lowest BCUT2D eigenvalue weighted by molar-refractivity contribution is -0.134. The number of benzene rings is 1. The Hall–Kier alpha value is -2.60. The van der Waals surface area contributed by atoms with Gasteiger partial charge in [-0.05, 0) is 35.8 Å². The lowest BCUT2D eigenvalue weighted by Gasteiger charge is -2.11. The van der Waals surface area contributed by atoms with E-state index in [-0.39, 0.29) is 5.90 Å². The van der Waals surface area contributed by atoms with Crippen LogP contribution in [-0.2, 0) is 14.4 Å². The van der Waals surface area contributed by atoms with Crippen LogP contribution in [0.1, 0.15) is 5.56 Å². The Labute approximate surface area is 138 Å². The summed E-state index contributed by atoms with van der Waals surface area (Å²) in [6.07, 6.45) is 0. The quantitative estimate of drug-likeness (QED) is 0.283. The Morgan fingerprint density at radius 2 is 2.00 bits per heavy atom. The lowest BCUT2D eigenvalue weighted by atomic mass is 10.1. The van der Waals surface area contributed by atoms with Gasteiger partial charge in [0.1, 0.15) is 18.0 Å². The van der Waals surface area contributed by atoms with Gasteiger partial charge < -0.3 is 14.3 Å². The largest absolute Gasteiger partial charge is 0.462 e. The summed E-state index contributed by atoms with van der Waals surface area (Å²) in [5.74, 6) is -0.600. The predicted molar refractivity (Wildman–Crippen MR) is 86.5 cm³/mol. The average molecular weight is 335 g/mol. The van der Waals surface area contributed by atoms with Gasteiger partial charge in [0.2, 0.25) is 0 Å². The molecule has 6 nitrogen and oxygen atoms in total. The normalized spacial score (nSPS) is 11.0. The summed E-state index contributed by atoms with van der Waals surface area (Å²) in [4.78, 5) is 20.5. The van der Waals surface area contributed by atoms with Crippen molar-refractivity contribution in [3.8, 4) is 17.0 Å². The van der Waals surface area contributed by atoms with Crippen LogP contribution >= 0.6 is 11.6 Å². The summed E-state index contributed by atoms with van der Waals surface area (Å²) in [6, 6.07) is 10.8. The first-order chi connectivity index (χ1) is 11.0. The number of oxime groups is 1. The SMILES string of the molecule is CO/N=C(\Oc1cc(-c2cccc(Cl)n2)ccc1C)C(=O)OC. The monoisotopic (exact) mass is 334 g/mol. The predicted octanol–water partition coefficient (Wildman–Crippen LogP) is 3.22. The van der Waals surface area contributed by atoms with Crippen molar-refractivity contribution >= 4 is 23.5 Å². The third-order valence-electron chi connectivity index (χ3n) is 2.94. The molecule has 0 aliphatic carbocycles. The van der Waals surface area contributed by atoms with E-state index in [1.54, 1.807) is 18.2 Å².